The molecule has 2 nitrogen and oxygen atoms in total. The molecule has 0 radical (unpaired) electrons. The predicted molar refractivity (Wildman–Crippen MR) is 82.8 cm³/mol. The molecule has 0 saturated carbocycles. The molecule has 1 heterocycles. The number of benzene rings is 3. The molecule has 1 N–H and O–H groups in total. The first-order chi connectivity index (χ1) is 10.3. The van der Waals surface area contributed by atoms with Crippen molar-refractivity contribution in [2.24, 2.45) is 0 Å². The summed E-state index contributed by atoms with van der Waals surface area (Å²) >= 11 is 0. The van der Waals surface area contributed by atoms with Gasteiger partial charge in [0.1, 0.15) is 11.6 Å². The van der Waals surface area contributed by atoms with Crippen LogP contribution in [0.4, 0.5) is 4.39 Å². The molecular formula is C18H13FN2. The van der Waals surface area contributed by atoms with Gasteiger partial charge in [0.2, 0.25) is 0 Å². The van der Waals surface area contributed by atoms with Crippen molar-refractivity contribution in [1.29, 1.82) is 0 Å². The molecule has 0 bridgehead atoms. The molecule has 0 fully saturated rings. The van der Waals surface area contributed by atoms with Crippen LogP contribution >= 0.6 is 0 Å². The molecule has 3 heteroatoms. The highest BCUT2D eigenvalue weighted by atomic mass is 19.1. The molecule has 1 aromatic heterocycles. The van der Waals surface area contributed by atoms with Gasteiger partial charge in [-0.15, -0.1) is 0 Å². The standard InChI is InChI=1S/C18H13FN2/c19-14-8-9-16-17(11-14)21-18(20-16)10-13-6-3-5-12-4-1-2-7-15(12)13/h1-9,11H,10H2,(H,20,21). The van der Waals surface area contributed by atoms with Crippen LogP contribution in [0.1, 0.15) is 11.4 Å². The van der Waals surface area contributed by atoms with Crippen LogP contribution in [0.5, 0.6) is 0 Å². The van der Waals surface area contributed by atoms with Gasteiger partial charge in [-0.3, -0.25) is 0 Å². The molecule has 0 saturated heterocycles. The third-order valence-corrected chi connectivity index (χ3v) is 3.73. The molecule has 0 aliphatic carbocycles. The quantitative estimate of drug-likeness (QED) is 0.576. The molecule has 0 aliphatic heterocycles. The van der Waals surface area contributed by atoms with Crippen molar-refractivity contribution in [1.82, 2.24) is 9.97 Å². The Morgan fingerprint density at radius 3 is 2.76 bits per heavy atom. The molecule has 0 atom stereocenters. The highest BCUT2D eigenvalue weighted by Crippen LogP contribution is 2.21. The lowest BCUT2D eigenvalue weighted by Gasteiger charge is -2.04. The fraction of sp³-hybridized carbons (Fsp3) is 0.0556. The van der Waals surface area contributed by atoms with Gasteiger partial charge in [0, 0.05) is 6.42 Å². The Labute approximate surface area is 121 Å². The maximum Gasteiger partial charge on any atom is 0.125 e. The average Bonchev–Trinajstić information content (AvgIpc) is 2.89. The minimum absolute atomic E-state index is 0.247. The molecule has 0 spiro atoms. The highest BCUT2D eigenvalue weighted by Gasteiger charge is 2.07. The van der Waals surface area contributed by atoms with Crippen molar-refractivity contribution in [2.75, 3.05) is 0 Å². The molecule has 0 aliphatic rings. The van der Waals surface area contributed by atoms with Crippen molar-refractivity contribution in [3.05, 3.63) is 77.9 Å². The summed E-state index contributed by atoms with van der Waals surface area (Å²) in [6, 6.07) is 19.2. The SMILES string of the molecule is Fc1ccc2nc(Cc3cccc4ccccc34)[nH]c2c1. The van der Waals surface area contributed by atoms with Gasteiger partial charge in [0.05, 0.1) is 11.0 Å². The Bertz CT molecular complexity index is 935. The fourth-order valence-electron chi connectivity index (χ4n) is 2.75. The summed E-state index contributed by atoms with van der Waals surface area (Å²) in [6.45, 7) is 0. The number of rotatable bonds is 2. The third-order valence-electron chi connectivity index (χ3n) is 3.73. The number of hydrogen-bond acceptors (Lipinski definition) is 1. The number of aromatic nitrogens is 2. The van der Waals surface area contributed by atoms with Crippen molar-refractivity contribution < 1.29 is 4.39 Å². The first kappa shape index (κ1) is 12.1. The molecule has 21 heavy (non-hydrogen) atoms. The van der Waals surface area contributed by atoms with E-state index in [0.29, 0.717) is 6.42 Å². The number of fused-ring (bicyclic) bond motifs is 2. The van der Waals surface area contributed by atoms with E-state index in [-0.39, 0.29) is 5.82 Å². The van der Waals surface area contributed by atoms with E-state index in [1.807, 2.05) is 12.1 Å². The van der Waals surface area contributed by atoms with Crippen LogP contribution < -0.4 is 0 Å². The summed E-state index contributed by atoms with van der Waals surface area (Å²) < 4.78 is 13.2. The van der Waals surface area contributed by atoms with Crippen LogP contribution in [0.3, 0.4) is 0 Å². The average molecular weight is 276 g/mol. The van der Waals surface area contributed by atoms with Crippen LogP contribution in [0.15, 0.2) is 60.7 Å². The molecule has 4 aromatic rings. The Morgan fingerprint density at radius 1 is 0.952 bits per heavy atom. The number of H-pyrrole nitrogens is 1. The van der Waals surface area contributed by atoms with Gasteiger partial charge >= 0.3 is 0 Å². The van der Waals surface area contributed by atoms with Gasteiger partial charge in [-0.25, -0.2) is 9.37 Å². The Balaban J connectivity index is 1.79. The van der Waals surface area contributed by atoms with Gasteiger partial charge in [-0.2, -0.15) is 0 Å². The second-order valence-electron chi connectivity index (χ2n) is 5.16. The normalized spacial score (nSPS) is 11.3. The van der Waals surface area contributed by atoms with Crippen LogP contribution in [0.25, 0.3) is 21.8 Å². The summed E-state index contributed by atoms with van der Waals surface area (Å²) in [7, 11) is 0. The van der Waals surface area contributed by atoms with Gasteiger partial charge in [-0.05, 0) is 34.5 Å². The van der Waals surface area contributed by atoms with Crippen LogP contribution in [-0.2, 0) is 6.42 Å². The second kappa shape index (κ2) is 4.70. The summed E-state index contributed by atoms with van der Waals surface area (Å²) in [4.78, 5) is 7.73. The number of nitrogens with zero attached hydrogens (tertiary/aromatic N) is 1. The monoisotopic (exact) mass is 276 g/mol. The molecule has 0 unspecified atom stereocenters. The maximum absolute atomic E-state index is 13.2. The Kier molecular flexibility index (Phi) is 2.71. The van der Waals surface area contributed by atoms with Gasteiger partial charge in [0.15, 0.2) is 0 Å². The summed E-state index contributed by atoms with van der Waals surface area (Å²) in [5.41, 5.74) is 2.75. The van der Waals surface area contributed by atoms with Crippen molar-refractivity contribution >= 4 is 21.8 Å². The Morgan fingerprint density at radius 2 is 1.81 bits per heavy atom. The van der Waals surface area contributed by atoms with Crippen LogP contribution in [0.2, 0.25) is 0 Å². The van der Waals surface area contributed by atoms with E-state index in [0.717, 1.165) is 16.9 Å². The van der Waals surface area contributed by atoms with Crippen molar-refractivity contribution in [3.63, 3.8) is 0 Å². The highest BCUT2D eigenvalue weighted by molar-refractivity contribution is 5.86. The number of nitrogens with one attached hydrogen (secondary N) is 1. The summed E-state index contributed by atoms with van der Waals surface area (Å²) in [5.74, 6) is 0.606. The van der Waals surface area contributed by atoms with Gasteiger partial charge < -0.3 is 4.98 Å². The number of aromatic amines is 1. The zero-order chi connectivity index (χ0) is 14.2. The topological polar surface area (TPSA) is 28.7 Å². The minimum atomic E-state index is -0.247. The maximum atomic E-state index is 13.2. The van der Waals surface area contributed by atoms with E-state index in [1.54, 1.807) is 6.07 Å². The van der Waals surface area contributed by atoms with Gasteiger partial charge in [0.25, 0.3) is 0 Å². The molecule has 102 valence electrons. The van der Waals surface area contributed by atoms with Crippen molar-refractivity contribution in [2.45, 2.75) is 6.42 Å². The first-order valence-electron chi connectivity index (χ1n) is 6.90. The molecule has 3 aromatic carbocycles. The number of imidazole rings is 1. The fourth-order valence-corrected chi connectivity index (χ4v) is 2.75. The van der Waals surface area contributed by atoms with E-state index < -0.39 is 0 Å². The third kappa shape index (κ3) is 2.17. The lowest BCUT2D eigenvalue weighted by molar-refractivity contribution is 0.629. The minimum Gasteiger partial charge on any atom is -0.342 e. The van der Waals surface area contributed by atoms with Gasteiger partial charge in [-0.1, -0.05) is 42.5 Å². The number of halogens is 1. The lowest BCUT2D eigenvalue weighted by atomic mass is 10.0. The lowest BCUT2D eigenvalue weighted by Crippen LogP contribution is -1.91. The number of hydrogen-bond donors (Lipinski definition) is 1. The Hall–Kier alpha value is -2.68. The molecule has 4 rings (SSSR count). The smallest absolute Gasteiger partial charge is 0.125 e. The van der Waals surface area contributed by atoms with E-state index in [4.69, 9.17) is 0 Å². The van der Waals surface area contributed by atoms with E-state index in [2.05, 4.69) is 40.3 Å². The summed E-state index contributed by atoms with van der Waals surface area (Å²) in [6.07, 6.45) is 0.706. The summed E-state index contributed by atoms with van der Waals surface area (Å²) in [5, 5.41) is 2.45. The zero-order valence-corrected chi connectivity index (χ0v) is 11.3. The molecular weight excluding hydrogens is 263 g/mol. The van der Waals surface area contributed by atoms with Crippen LogP contribution in [-0.4, -0.2) is 9.97 Å². The predicted octanol–water partition coefficient (Wildman–Crippen LogP) is 4.45. The largest absolute Gasteiger partial charge is 0.342 e. The van der Waals surface area contributed by atoms with Crippen molar-refractivity contribution in [3.8, 4) is 0 Å². The van der Waals surface area contributed by atoms with Crippen LogP contribution in [0, 0.1) is 5.82 Å². The molecule has 0 amide bonds. The zero-order valence-electron chi connectivity index (χ0n) is 11.3. The van der Waals surface area contributed by atoms with E-state index in [1.165, 1.54) is 28.5 Å². The van der Waals surface area contributed by atoms with E-state index >= 15 is 0 Å². The van der Waals surface area contributed by atoms with E-state index in [9.17, 15) is 4.39 Å². The second-order valence-corrected chi connectivity index (χ2v) is 5.16. The first-order valence-corrected chi connectivity index (χ1v) is 6.90.